The number of sulfone groups is 1. The summed E-state index contributed by atoms with van der Waals surface area (Å²) in [7, 11) is -3.86. The lowest BCUT2D eigenvalue weighted by molar-refractivity contribution is -0.479. The van der Waals surface area contributed by atoms with Crippen LogP contribution in [0.4, 0.5) is 5.69 Å². The third-order valence-electron chi connectivity index (χ3n) is 3.07. The van der Waals surface area contributed by atoms with E-state index in [1.54, 1.807) is 30.3 Å². The molecule has 0 aromatic heterocycles. The molecular formula is C14H14N2O4S. The van der Waals surface area contributed by atoms with E-state index in [0.717, 1.165) is 0 Å². The summed E-state index contributed by atoms with van der Waals surface area (Å²) in [5.41, 5.74) is 6.36. The molecule has 0 spiro atoms. The van der Waals surface area contributed by atoms with Gasteiger partial charge in [0.05, 0.1) is 4.90 Å². The van der Waals surface area contributed by atoms with Crippen molar-refractivity contribution in [2.45, 2.75) is 10.1 Å². The molecule has 6 nitrogen and oxygen atoms in total. The van der Waals surface area contributed by atoms with Crippen molar-refractivity contribution in [3.05, 3.63) is 70.3 Å². The Balaban J connectivity index is 2.49. The standard InChI is InChI=1S/C14H14N2O4S/c15-12-6-8-13(9-7-12)21(19,20)14(10-16(17)18)11-4-2-1-3-5-11/h1-9,14H,10,15H2. The van der Waals surface area contributed by atoms with Crippen LogP contribution in [-0.2, 0) is 9.84 Å². The molecule has 2 aromatic carbocycles. The molecule has 0 radical (unpaired) electrons. The summed E-state index contributed by atoms with van der Waals surface area (Å²) in [6.07, 6.45) is 0. The van der Waals surface area contributed by atoms with Gasteiger partial charge in [-0.1, -0.05) is 30.3 Å². The van der Waals surface area contributed by atoms with Crippen LogP contribution in [0.25, 0.3) is 0 Å². The van der Waals surface area contributed by atoms with Crippen molar-refractivity contribution in [3.63, 3.8) is 0 Å². The molecular weight excluding hydrogens is 292 g/mol. The Morgan fingerprint density at radius 2 is 1.62 bits per heavy atom. The SMILES string of the molecule is Nc1ccc(S(=O)(=O)C(C[N+](=O)[O-])c2ccccc2)cc1. The second-order valence-corrected chi connectivity index (χ2v) is 6.66. The fourth-order valence-electron chi connectivity index (χ4n) is 2.01. The molecule has 0 fully saturated rings. The first-order chi connectivity index (χ1) is 9.91. The zero-order valence-corrected chi connectivity index (χ0v) is 11.9. The van der Waals surface area contributed by atoms with Gasteiger partial charge in [-0.25, -0.2) is 8.42 Å². The minimum Gasteiger partial charge on any atom is -0.399 e. The van der Waals surface area contributed by atoms with E-state index >= 15 is 0 Å². The Labute approximate surface area is 122 Å². The van der Waals surface area contributed by atoms with Crippen LogP contribution in [0.5, 0.6) is 0 Å². The smallest absolute Gasteiger partial charge is 0.225 e. The van der Waals surface area contributed by atoms with Gasteiger partial charge in [0, 0.05) is 10.6 Å². The molecule has 0 bridgehead atoms. The van der Waals surface area contributed by atoms with E-state index in [1.165, 1.54) is 24.3 Å². The van der Waals surface area contributed by atoms with Crippen LogP contribution in [0.15, 0.2) is 59.5 Å². The van der Waals surface area contributed by atoms with E-state index in [-0.39, 0.29) is 4.90 Å². The highest BCUT2D eigenvalue weighted by Gasteiger charge is 2.33. The minimum atomic E-state index is -3.86. The number of hydrogen-bond donors (Lipinski definition) is 1. The maximum Gasteiger partial charge on any atom is 0.225 e. The Bertz CT molecular complexity index is 727. The number of nitrogen functional groups attached to an aromatic ring is 1. The second kappa shape index (κ2) is 5.92. The first-order valence-electron chi connectivity index (χ1n) is 6.17. The maximum absolute atomic E-state index is 12.6. The lowest BCUT2D eigenvalue weighted by atomic mass is 10.1. The van der Waals surface area contributed by atoms with Gasteiger partial charge < -0.3 is 5.73 Å². The van der Waals surface area contributed by atoms with E-state index in [2.05, 4.69) is 0 Å². The van der Waals surface area contributed by atoms with Crippen LogP contribution in [-0.4, -0.2) is 19.9 Å². The molecule has 0 aliphatic heterocycles. The molecule has 110 valence electrons. The molecule has 0 aliphatic carbocycles. The number of rotatable bonds is 5. The van der Waals surface area contributed by atoms with Crippen molar-refractivity contribution >= 4 is 15.5 Å². The molecule has 2 aromatic rings. The summed E-state index contributed by atoms with van der Waals surface area (Å²) in [6.45, 7) is -0.684. The first kappa shape index (κ1) is 15.0. The monoisotopic (exact) mass is 306 g/mol. The van der Waals surface area contributed by atoms with Crippen LogP contribution in [0.1, 0.15) is 10.8 Å². The second-order valence-electron chi connectivity index (χ2n) is 4.53. The van der Waals surface area contributed by atoms with Crippen LogP contribution < -0.4 is 5.73 Å². The summed E-state index contributed by atoms with van der Waals surface area (Å²) < 4.78 is 25.3. The van der Waals surface area contributed by atoms with Crippen LogP contribution >= 0.6 is 0 Å². The molecule has 2 N–H and O–H groups in total. The molecule has 7 heteroatoms. The van der Waals surface area contributed by atoms with Crippen LogP contribution in [0, 0.1) is 10.1 Å². The molecule has 0 amide bonds. The fourth-order valence-corrected chi connectivity index (χ4v) is 3.68. The van der Waals surface area contributed by atoms with Gasteiger partial charge in [-0.15, -0.1) is 0 Å². The Morgan fingerprint density at radius 3 is 2.14 bits per heavy atom. The highest BCUT2D eigenvalue weighted by molar-refractivity contribution is 7.91. The minimum absolute atomic E-state index is 0.0207. The number of nitro groups is 1. The van der Waals surface area contributed by atoms with Crippen molar-refractivity contribution in [1.29, 1.82) is 0 Å². The molecule has 0 heterocycles. The zero-order valence-electron chi connectivity index (χ0n) is 11.0. The van der Waals surface area contributed by atoms with Gasteiger partial charge in [0.1, 0.15) is 0 Å². The van der Waals surface area contributed by atoms with Gasteiger partial charge >= 0.3 is 0 Å². The Kier molecular flexibility index (Phi) is 4.23. The summed E-state index contributed by atoms with van der Waals surface area (Å²) in [5, 5.41) is 9.61. The van der Waals surface area contributed by atoms with Crippen LogP contribution in [0.3, 0.4) is 0 Å². The molecule has 21 heavy (non-hydrogen) atoms. The molecule has 0 saturated heterocycles. The largest absolute Gasteiger partial charge is 0.399 e. The zero-order chi connectivity index (χ0) is 15.5. The van der Waals surface area contributed by atoms with Gasteiger partial charge in [-0.3, -0.25) is 10.1 Å². The van der Waals surface area contributed by atoms with E-state index < -0.39 is 26.6 Å². The molecule has 0 aliphatic rings. The van der Waals surface area contributed by atoms with Crippen molar-refractivity contribution in [3.8, 4) is 0 Å². The molecule has 1 unspecified atom stereocenters. The number of hydrogen-bond acceptors (Lipinski definition) is 5. The molecule has 0 saturated carbocycles. The lowest BCUT2D eigenvalue weighted by Crippen LogP contribution is -2.22. The lowest BCUT2D eigenvalue weighted by Gasteiger charge is -2.14. The van der Waals surface area contributed by atoms with E-state index in [4.69, 9.17) is 5.73 Å². The van der Waals surface area contributed by atoms with Crippen molar-refractivity contribution < 1.29 is 13.3 Å². The molecule has 2 rings (SSSR count). The van der Waals surface area contributed by atoms with Crippen LogP contribution in [0.2, 0.25) is 0 Å². The summed E-state index contributed by atoms with van der Waals surface area (Å²) in [6, 6.07) is 13.8. The highest BCUT2D eigenvalue weighted by Crippen LogP contribution is 2.29. The van der Waals surface area contributed by atoms with Crippen molar-refractivity contribution in [2.24, 2.45) is 0 Å². The van der Waals surface area contributed by atoms with Gasteiger partial charge in [0.2, 0.25) is 6.54 Å². The molecule has 1 atom stereocenters. The fraction of sp³-hybridized carbons (Fsp3) is 0.143. The summed E-state index contributed by atoms with van der Waals surface area (Å²) in [5.74, 6) is 0. The normalized spacial score (nSPS) is 12.8. The number of anilines is 1. The topological polar surface area (TPSA) is 103 Å². The highest BCUT2D eigenvalue weighted by atomic mass is 32.2. The Morgan fingerprint density at radius 1 is 1.05 bits per heavy atom. The van der Waals surface area contributed by atoms with Gasteiger partial charge in [0.15, 0.2) is 15.1 Å². The van der Waals surface area contributed by atoms with Gasteiger partial charge in [0.25, 0.3) is 0 Å². The van der Waals surface area contributed by atoms with Crippen molar-refractivity contribution in [2.75, 3.05) is 12.3 Å². The number of nitrogens with zero attached hydrogens (tertiary/aromatic N) is 1. The van der Waals surface area contributed by atoms with Gasteiger partial charge in [-0.05, 0) is 29.8 Å². The average molecular weight is 306 g/mol. The predicted octanol–water partition coefficient (Wildman–Crippen LogP) is 2.06. The maximum atomic E-state index is 12.6. The first-order valence-corrected chi connectivity index (χ1v) is 7.72. The quantitative estimate of drug-likeness (QED) is 0.517. The van der Waals surface area contributed by atoms with E-state index in [1.807, 2.05) is 0 Å². The summed E-state index contributed by atoms with van der Waals surface area (Å²) in [4.78, 5) is 10.2. The third-order valence-corrected chi connectivity index (χ3v) is 5.17. The van der Waals surface area contributed by atoms with E-state index in [9.17, 15) is 18.5 Å². The summed E-state index contributed by atoms with van der Waals surface area (Å²) >= 11 is 0. The van der Waals surface area contributed by atoms with E-state index in [0.29, 0.717) is 11.3 Å². The predicted molar refractivity (Wildman–Crippen MR) is 79.1 cm³/mol. The third kappa shape index (κ3) is 3.38. The number of benzene rings is 2. The average Bonchev–Trinajstić information content (AvgIpc) is 2.46. The van der Waals surface area contributed by atoms with Gasteiger partial charge in [-0.2, -0.15) is 0 Å². The Hall–Kier alpha value is -2.41. The number of nitrogens with two attached hydrogens (primary N) is 1. The van der Waals surface area contributed by atoms with Crippen molar-refractivity contribution in [1.82, 2.24) is 0 Å².